The van der Waals surface area contributed by atoms with Crippen LogP contribution in [0.4, 0.5) is 13.2 Å². The van der Waals surface area contributed by atoms with Crippen molar-refractivity contribution in [3.05, 3.63) is 34.9 Å². The van der Waals surface area contributed by atoms with Gasteiger partial charge in [0.15, 0.2) is 0 Å². The summed E-state index contributed by atoms with van der Waals surface area (Å²) in [6.07, 6.45) is -4.43. The molecule has 1 aromatic rings. The number of hydrogen-bond donors (Lipinski definition) is 1. The van der Waals surface area contributed by atoms with Crippen LogP contribution in [0.15, 0.2) is 24.3 Å². The molecule has 0 spiro atoms. The fraction of sp³-hybridized carbons (Fsp3) is 0.462. The molecule has 0 bridgehead atoms. The normalized spacial score (nSPS) is 14.7. The summed E-state index contributed by atoms with van der Waals surface area (Å²) in [5, 5.41) is 2.64. The monoisotopic (exact) mass is 309 g/mol. The lowest BCUT2D eigenvalue weighted by Gasteiger charge is -2.29. The van der Waals surface area contributed by atoms with E-state index in [1.807, 2.05) is 0 Å². The van der Waals surface area contributed by atoms with Crippen LogP contribution < -0.4 is 5.32 Å². The fourth-order valence-electron chi connectivity index (χ4n) is 1.63. The van der Waals surface area contributed by atoms with Crippen LogP contribution in [-0.2, 0) is 15.1 Å². The molecule has 0 saturated heterocycles. The zero-order valence-corrected chi connectivity index (χ0v) is 11.8. The summed E-state index contributed by atoms with van der Waals surface area (Å²) >= 11 is 5.74. The number of esters is 1. The highest BCUT2D eigenvalue weighted by atomic mass is 35.5. The molecule has 1 aromatic carbocycles. The maximum atomic E-state index is 12.4. The van der Waals surface area contributed by atoms with Gasteiger partial charge in [0.1, 0.15) is 5.54 Å². The van der Waals surface area contributed by atoms with Crippen molar-refractivity contribution in [3.8, 4) is 0 Å². The molecule has 1 rings (SSSR count). The van der Waals surface area contributed by atoms with Gasteiger partial charge in [-0.2, -0.15) is 13.2 Å². The van der Waals surface area contributed by atoms with Crippen LogP contribution >= 0.6 is 11.6 Å². The van der Waals surface area contributed by atoms with Crippen molar-refractivity contribution in [2.24, 2.45) is 0 Å². The minimum Gasteiger partial charge on any atom is -0.464 e. The van der Waals surface area contributed by atoms with Gasteiger partial charge >= 0.3 is 12.1 Å². The molecule has 0 heterocycles. The number of halogens is 4. The second-order valence-electron chi connectivity index (χ2n) is 4.32. The summed E-state index contributed by atoms with van der Waals surface area (Å²) in [5.41, 5.74) is -1.24. The van der Waals surface area contributed by atoms with Gasteiger partial charge in [-0.25, -0.2) is 4.79 Å². The Bertz CT molecular complexity index is 462. The Morgan fingerprint density at radius 3 is 2.30 bits per heavy atom. The molecule has 7 heteroatoms. The molecule has 0 saturated carbocycles. The second kappa shape index (κ2) is 6.45. The van der Waals surface area contributed by atoms with Crippen molar-refractivity contribution >= 4 is 17.6 Å². The van der Waals surface area contributed by atoms with Gasteiger partial charge < -0.3 is 4.74 Å². The first-order valence-corrected chi connectivity index (χ1v) is 6.32. The van der Waals surface area contributed by atoms with E-state index < -0.39 is 24.2 Å². The molecular formula is C13H15ClF3NO2. The molecule has 3 nitrogen and oxygen atoms in total. The topological polar surface area (TPSA) is 38.3 Å². The third-order valence-corrected chi connectivity index (χ3v) is 3.00. The zero-order valence-electron chi connectivity index (χ0n) is 11.1. The van der Waals surface area contributed by atoms with Crippen LogP contribution in [0.25, 0.3) is 0 Å². The Labute approximate surface area is 120 Å². The van der Waals surface area contributed by atoms with Crippen molar-refractivity contribution in [1.29, 1.82) is 0 Å². The lowest BCUT2D eigenvalue weighted by molar-refractivity contribution is -0.155. The predicted octanol–water partition coefficient (Wildman–Crippen LogP) is 3.27. The van der Waals surface area contributed by atoms with E-state index in [9.17, 15) is 18.0 Å². The number of hydrogen-bond acceptors (Lipinski definition) is 3. The first-order valence-electron chi connectivity index (χ1n) is 5.94. The minimum atomic E-state index is -4.43. The second-order valence-corrected chi connectivity index (χ2v) is 4.76. The fourth-order valence-corrected chi connectivity index (χ4v) is 1.75. The summed E-state index contributed by atoms with van der Waals surface area (Å²) in [6.45, 7) is 1.71. The Morgan fingerprint density at radius 2 is 1.85 bits per heavy atom. The number of nitrogens with one attached hydrogen (secondary N) is 1. The number of ether oxygens (including phenoxy) is 1. The molecular weight excluding hydrogens is 295 g/mol. The van der Waals surface area contributed by atoms with Crippen LogP contribution in [0.1, 0.15) is 19.4 Å². The quantitative estimate of drug-likeness (QED) is 0.848. The van der Waals surface area contributed by atoms with Gasteiger partial charge in [0.05, 0.1) is 13.2 Å². The van der Waals surface area contributed by atoms with E-state index >= 15 is 0 Å². The number of rotatable bonds is 5. The van der Waals surface area contributed by atoms with Crippen molar-refractivity contribution in [3.63, 3.8) is 0 Å². The average molecular weight is 310 g/mol. The first-order chi connectivity index (χ1) is 9.19. The van der Waals surface area contributed by atoms with E-state index in [2.05, 4.69) is 5.32 Å². The molecule has 0 aliphatic heterocycles. The van der Waals surface area contributed by atoms with Gasteiger partial charge in [0, 0.05) is 5.02 Å². The van der Waals surface area contributed by atoms with E-state index in [0.717, 1.165) is 0 Å². The Morgan fingerprint density at radius 1 is 1.30 bits per heavy atom. The molecule has 1 N–H and O–H groups in total. The molecule has 1 unspecified atom stereocenters. The molecule has 0 fully saturated rings. The molecule has 0 aromatic heterocycles. The smallest absolute Gasteiger partial charge is 0.401 e. The average Bonchev–Trinajstić information content (AvgIpc) is 2.36. The van der Waals surface area contributed by atoms with Gasteiger partial charge in [0.2, 0.25) is 0 Å². The van der Waals surface area contributed by atoms with Crippen molar-refractivity contribution in [2.75, 3.05) is 13.2 Å². The van der Waals surface area contributed by atoms with E-state index in [-0.39, 0.29) is 6.61 Å². The predicted molar refractivity (Wildman–Crippen MR) is 69.5 cm³/mol. The number of carbonyl (C=O) groups excluding carboxylic acids is 1. The van der Waals surface area contributed by atoms with Crippen LogP contribution in [0.2, 0.25) is 5.02 Å². The SMILES string of the molecule is CCOC(=O)C(C)(NCC(F)(F)F)c1ccc(Cl)cc1. The maximum Gasteiger partial charge on any atom is 0.401 e. The largest absolute Gasteiger partial charge is 0.464 e. The highest BCUT2D eigenvalue weighted by Gasteiger charge is 2.40. The van der Waals surface area contributed by atoms with Crippen molar-refractivity contribution < 1.29 is 22.7 Å². The molecule has 0 aliphatic rings. The van der Waals surface area contributed by atoms with Crippen LogP contribution in [-0.4, -0.2) is 25.3 Å². The summed E-state index contributed by atoms with van der Waals surface area (Å²) < 4.78 is 42.0. The molecule has 20 heavy (non-hydrogen) atoms. The Kier molecular flexibility index (Phi) is 5.42. The molecule has 112 valence electrons. The maximum absolute atomic E-state index is 12.4. The molecule has 0 amide bonds. The van der Waals surface area contributed by atoms with Crippen LogP contribution in [0.5, 0.6) is 0 Å². The summed E-state index contributed by atoms with van der Waals surface area (Å²) in [7, 11) is 0. The molecule has 1 atom stereocenters. The van der Waals surface area contributed by atoms with E-state index in [1.54, 1.807) is 6.92 Å². The summed E-state index contributed by atoms with van der Waals surface area (Å²) in [5.74, 6) is -0.772. The Hall–Kier alpha value is -1.27. The van der Waals surface area contributed by atoms with Crippen LogP contribution in [0, 0.1) is 0 Å². The van der Waals surface area contributed by atoms with Gasteiger partial charge in [-0.15, -0.1) is 0 Å². The Balaban J connectivity index is 3.06. The van der Waals surface area contributed by atoms with E-state index in [0.29, 0.717) is 10.6 Å². The number of carbonyl (C=O) groups is 1. The van der Waals surface area contributed by atoms with Gasteiger partial charge in [-0.05, 0) is 31.5 Å². The minimum absolute atomic E-state index is 0.0791. The highest BCUT2D eigenvalue weighted by Crippen LogP contribution is 2.26. The lowest BCUT2D eigenvalue weighted by atomic mass is 9.92. The third kappa shape index (κ3) is 4.38. The highest BCUT2D eigenvalue weighted by molar-refractivity contribution is 6.30. The summed E-state index contributed by atoms with van der Waals surface area (Å²) in [6, 6.07) is 5.98. The summed E-state index contributed by atoms with van der Waals surface area (Å²) in [4.78, 5) is 12.0. The first kappa shape index (κ1) is 16.8. The molecule has 0 radical (unpaired) electrons. The number of alkyl halides is 3. The van der Waals surface area contributed by atoms with Crippen molar-refractivity contribution in [2.45, 2.75) is 25.6 Å². The third-order valence-electron chi connectivity index (χ3n) is 2.75. The zero-order chi connectivity index (χ0) is 15.4. The molecule has 0 aliphatic carbocycles. The standard InChI is InChI=1S/C13H15ClF3NO2/c1-3-20-11(19)12(2,18-8-13(15,16)17)9-4-6-10(14)7-5-9/h4-7,18H,3,8H2,1-2H3. The van der Waals surface area contributed by atoms with Crippen molar-refractivity contribution in [1.82, 2.24) is 5.32 Å². The van der Waals surface area contributed by atoms with Gasteiger partial charge in [-0.1, -0.05) is 23.7 Å². The van der Waals surface area contributed by atoms with E-state index in [4.69, 9.17) is 16.3 Å². The lowest BCUT2D eigenvalue weighted by Crippen LogP contribution is -2.50. The van der Waals surface area contributed by atoms with E-state index in [1.165, 1.54) is 31.2 Å². The van der Waals surface area contributed by atoms with Gasteiger partial charge in [0.25, 0.3) is 0 Å². The van der Waals surface area contributed by atoms with Gasteiger partial charge in [-0.3, -0.25) is 5.32 Å². The van der Waals surface area contributed by atoms with Crippen LogP contribution in [0.3, 0.4) is 0 Å². The number of benzene rings is 1.